The van der Waals surface area contributed by atoms with Crippen molar-refractivity contribution in [3.63, 3.8) is 0 Å². The summed E-state index contributed by atoms with van der Waals surface area (Å²) in [5.41, 5.74) is 2.44. The number of carbonyl (C=O) groups is 1. The summed E-state index contributed by atoms with van der Waals surface area (Å²) in [4.78, 5) is 24.1. The van der Waals surface area contributed by atoms with Crippen LogP contribution < -0.4 is 5.32 Å². The first-order chi connectivity index (χ1) is 10.8. The number of rotatable bonds is 5. The van der Waals surface area contributed by atoms with Crippen LogP contribution in [0.1, 0.15) is 11.3 Å². The van der Waals surface area contributed by atoms with E-state index >= 15 is 0 Å². The van der Waals surface area contributed by atoms with Gasteiger partial charge in [0.2, 0.25) is 5.91 Å². The number of amides is 1. The normalized spacial score (nSPS) is 10.4. The Morgan fingerprint density at radius 2 is 2.14 bits per heavy atom. The van der Waals surface area contributed by atoms with Gasteiger partial charge in [0, 0.05) is 36.4 Å². The molecule has 22 heavy (non-hydrogen) atoms. The molecule has 1 amide bonds. The van der Waals surface area contributed by atoms with Gasteiger partial charge in [-0.1, -0.05) is 6.07 Å². The molecular formula is C15H14N6O. The van der Waals surface area contributed by atoms with Crippen LogP contribution in [0.4, 0.5) is 0 Å². The summed E-state index contributed by atoms with van der Waals surface area (Å²) in [6.07, 6.45) is 8.37. The Balaban J connectivity index is 1.66. The average Bonchev–Trinajstić information content (AvgIpc) is 3.08. The second kappa shape index (κ2) is 6.57. The fraction of sp³-hybridized carbons (Fsp3) is 0.133. The second-order valence-corrected chi connectivity index (χ2v) is 4.62. The van der Waals surface area contributed by atoms with Crippen LogP contribution in [-0.2, 0) is 17.8 Å². The number of nitrogens with zero attached hydrogens (tertiary/aromatic N) is 5. The maximum atomic E-state index is 12.0. The molecule has 0 aromatic carbocycles. The predicted octanol–water partition coefficient (Wildman–Crippen LogP) is 0.916. The van der Waals surface area contributed by atoms with Crippen LogP contribution in [0.15, 0.2) is 55.5 Å². The average molecular weight is 294 g/mol. The first-order valence-electron chi connectivity index (χ1n) is 6.77. The zero-order chi connectivity index (χ0) is 15.2. The van der Waals surface area contributed by atoms with E-state index in [1.54, 1.807) is 29.6 Å². The van der Waals surface area contributed by atoms with Gasteiger partial charge < -0.3 is 5.32 Å². The molecule has 0 aliphatic heterocycles. The van der Waals surface area contributed by atoms with E-state index in [1.807, 2.05) is 24.3 Å². The molecule has 3 aromatic heterocycles. The van der Waals surface area contributed by atoms with Crippen molar-refractivity contribution in [2.24, 2.45) is 0 Å². The van der Waals surface area contributed by atoms with Crippen molar-refractivity contribution < 1.29 is 4.79 Å². The lowest BCUT2D eigenvalue weighted by molar-refractivity contribution is -0.120. The van der Waals surface area contributed by atoms with Crippen molar-refractivity contribution in [3.05, 3.63) is 66.8 Å². The number of nitrogens with one attached hydrogen (secondary N) is 1. The maximum Gasteiger partial charge on any atom is 0.226 e. The summed E-state index contributed by atoms with van der Waals surface area (Å²) in [6, 6.07) is 7.33. The first-order valence-corrected chi connectivity index (χ1v) is 6.77. The Morgan fingerprint density at radius 3 is 2.91 bits per heavy atom. The molecule has 0 bridgehead atoms. The SMILES string of the molecule is O=C(Cc1ccccn1)NCc1cnccc1-n1cncn1. The first kappa shape index (κ1) is 13.9. The molecule has 3 heterocycles. The minimum atomic E-state index is -0.0907. The largest absolute Gasteiger partial charge is 0.352 e. The summed E-state index contributed by atoms with van der Waals surface area (Å²) < 4.78 is 1.64. The summed E-state index contributed by atoms with van der Waals surface area (Å²) in [6.45, 7) is 0.370. The van der Waals surface area contributed by atoms with Crippen molar-refractivity contribution in [1.29, 1.82) is 0 Å². The summed E-state index contributed by atoms with van der Waals surface area (Å²) >= 11 is 0. The van der Waals surface area contributed by atoms with Crippen LogP contribution in [0, 0.1) is 0 Å². The fourth-order valence-corrected chi connectivity index (χ4v) is 2.04. The van der Waals surface area contributed by atoms with Crippen molar-refractivity contribution in [1.82, 2.24) is 30.0 Å². The number of pyridine rings is 2. The molecule has 0 saturated carbocycles. The van der Waals surface area contributed by atoms with E-state index in [9.17, 15) is 4.79 Å². The molecule has 3 aromatic rings. The van der Waals surface area contributed by atoms with Crippen molar-refractivity contribution >= 4 is 5.91 Å². The van der Waals surface area contributed by atoms with E-state index in [1.165, 1.54) is 6.33 Å². The third-order valence-electron chi connectivity index (χ3n) is 3.09. The fourth-order valence-electron chi connectivity index (χ4n) is 2.04. The molecule has 0 aliphatic carbocycles. The topological polar surface area (TPSA) is 85.6 Å². The molecule has 7 heteroatoms. The lowest BCUT2D eigenvalue weighted by atomic mass is 10.2. The third-order valence-corrected chi connectivity index (χ3v) is 3.09. The standard InChI is InChI=1S/C15H14N6O/c22-15(7-13-3-1-2-5-18-13)19-9-12-8-16-6-4-14(12)21-11-17-10-20-21/h1-6,8,10-11H,7,9H2,(H,19,22). The Morgan fingerprint density at radius 1 is 1.18 bits per heavy atom. The minimum Gasteiger partial charge on any atom is -0.352 e. The van der Waals surface area contributed by atoms with Crippen LogP contribution >= 0.6 is 0 Å². The molecule has 0 radical (unpaired) electrons. The molecule has 0 unspecified atom stereocenters. The monoisotopic (exact) mass is 294 g/mol. The zero-order valence-electron chi connectivity index (χ0n) is 11.8. The van der Waals surface area contributed by atoms with Crippen molar-refractivity contribution in [2.45, 2.75) is 13.0 Å². The van der Waals surface area contributed by atoms with Crippen LogP contribution in [0.2, 0.25) is 0 Å². The lowest BCUT2D eigenvalue weighted by Gasteiger charge is -2.09. The molecule has 0 saturated heterocycles. The predicted molar refractivity (Wildman–Crippen MR) is 78.9 cm³/mol. The van der Waals surface area contributed by atoms with Gasteiger partial charge in [-0.3, -0.25) is 14.8 Å². The highest BCUT2D eigenvalue weighted by Crippen LogP contribution is 2.11. The molecule has 0 aliphatic rings. The molecule has 0 atom stereocenters. The van der Waals surface area contributed by atoms with Gasteiger partial charge in [0.25, 0.3) is 0 Å². The van der Waals surface area contributed by atoms with Gasteiger partial charge in [-0.2, -0.15) is 5.10 Å². The van der Waals surface area contributed by atoms with Crippen LogP contribution in [-0.4, -0.2) is 30.6 Å². The van der Waals surface area contributed by atoms with Crippen molar-refractivity contribution in [3.8, 4) is 5.69 Å². The third kappa shape index (κ3) is 3.32. The van der Waals surface area contributed by atoms with E-state index in [0.717, 1.165) is 16.9 Å². The van der Waals surface area contributed by atoms with Gasteiger partial charge in [0.05, 0.1) is 12.1 Å². The molecular weight excluding hydrogens is 280 g/mol. The smallest absolute Gasteiger partial charge is 0.226 e. The van der Waals surface area contributed by atoms with E-state index in [-0.39, 0.29) is 12.3 Å². The van der Waals surface area contributed by atoms with Crippen LogP contribution in [0.5, 0.6) is 0 Å². The van der Waals surface area contributed by atoms with Crippen LogP contribution in [0.3, 0.4) is 0 Å². The second-order valence-electron chi connectivity index (χ2n) is 4.62. The van der Waals surface area contributed by atoms with Gasteiger partial charge >= 0.3 is 0 Å². The van der Waals surface area contributed by atoms with Gasteiger partial charge in [-0.05, 0) is 18.2 Å². The van der Waals surface area contributed by atoms with Crippen LogP contribution in [0.25, 0.3) is 5.69 Å². The van der Waals surface area contributed by atoms with Gasteiger partial charge in [0.1, 0.15) is 12.7 Å². The summed E-state index contributed by atoms with van der Waals surface area (Å²) in [5.74, 6) is -0.0907. The van der Waals surface area contributed by atoms with Crippen molar-refractivity contribution in [2.75, 3.05) is 0 Å². The van der Waals surface area contributed by atoms with E-state index in [2.05, 4.69) is 25.4 Å². The lowest BCUT2D eigenvalue weighted by Crippen LogP contribution is -2.25. The number of carbonyl (C=O) groups excluding carboxylic acids is 1. The highest BCUT2D eigenvalue weighted by atomic mass is 16.1. The highest BCUT2D eigenvalue weighted by Gasteiger charge is 2.08. The molecule has 1 N–H and O–H groups in total. The highest BCUT2D eigenvalue weighted by molar-refractivity contribution is 5.78. The van der Waals surface area contributed by atoms with Gasteiger partial charge in [-0.15, -0.1) is 0 Å². The summed E-state index contributed by atoms with van der Waals surface area (Å²) in [5, 5.41) is 6.97. The Kier molecular flexibility index (Phi) is 4.15. The zero-order valence-corrected chi connectivity index (χ0v) is 11.8. The molecule has 3 rings (SSSR count). The van der Waals surface area contributed by atoms with Gasteiger partial charge in [-0.25, -0.2) is 9.67 Å². The Labute approximate surface area is 127 Å². The number of hydrogen-bond donors (Lipinski definition) is 1. The molecule has 7 nitrogen and oxygen atoms in total. The summed E-state index contributed by atoms with van der Waals surface area (Å²) in [7, 11) is 0. The van der Waals surface area contributed by atoms with E-state index < -0.39 is 0 Å². The Hall–Kier alpha value is -3.09. The Bertz CT molecular complexity index is 742. The molecule has 110 valence electrons. The van der Waals surface area contributed by atoms with E-state index in [0.29, 0.717) is 6.54 Å². The number of aromatic nitrogens is 5. The van der Waals surface area contributed by atoms with Gasteiger partial charge in [0.15, 0.2) is 0 Å². The maximum absolute atomic E-state index is 12.0. The molecule has 0 spiro atoms. The minimum absolute atomic E-state index is 0.0907. The quantitative estimate of drug-likeness (QED) is 0.756. The van der Waals surface area contributed by atoms with E-state index in [4.69, 9.17) is 0 Å². The number of hydrogen-bond acceptors (Lipinski definition) is 5. The molecule has 0 fully saturated rings.